The number of carbonyl (C=O) groups is 3. The Morgan fingerprint density at radius 1 is 1.16 bits per heavy atom. The number of amidine groups is 1. The van der Waals surface area contributed by atoms with E-state index < -0.39 is 11.2 Å². The van der Waals surface area contributed by atoms with Gasteiger partial charge in [-0.05, 0) is 55.5 Å². The van der Waals surface area contributed by atoms with Crippen molar-refractivity contribution in [2.75, 3.05) is 26.1 Å². The van der Waals surface area contributed by atoms with Crippen molar-refractivity contribution in [2.24, 2.45) is 4.99 Å². The molecule has 162 valence electrons. The third-order valence-corrected chi connectivity index (χ3v) is 5.75. The van der Waals surface area contributed by atoms with Crippen LogP contribution in [0.15, 0.2) is 53.5 Å². The van der Waals surface area contributed by atoms with Crippen LogP contribution in [-0.4, -0.2) is 53.9 Å². The smallest absolute Gasteiger partial charge is 0.337 e. The molecule has 0 radical (unpaired) electrons. The van der Waals surface area contributed by atoms with E-state index in [1.165, 1.54) is 23.8 Å². The molecule has 0 saturated carbocycles. The summed E-state index contributed by atoms with van der Waals surface area (Å²) in [5, 5.41) is 2.64. The Morgan fingerprint density at radius 3 is 2.45 bits per heavy atom. The monoisotopic (exact) mass is 441 g/mol. The first-order chi connectivity index (χ1) is 14.9. The van der Waals surface area contributed by atoms with Crippen molar-refractivity contribution < 1.29 is 23.9 Å². The van der Waals surface area contributed by atoms with E-state index in [9.17, 15) is 14.4 Å². The first-order valence-electron chi connectivity index (χ1n) is 9.65. The lowest BCUT2D eigenvalue weighted by molar-refractivity contribution is -0.128. The molecule has 3 rings (SSSR count). The molecule has 2 aromatic rings. The lowest BCUT2D eigenvalue weighted by Gasteiger charge is -2.28. The van der Waals surface area contributed by atoms with Gasteiger partial charge in [0.05, 0.1) is 25.0 Å². The molecule has 0 aliphatic carbocycles. The van der Waals surface area contributed by atoms with Crippen LogP contribution < -0.4 is 10.1 Å². The number of hydrogen-bond acceptors (Lipinski definition) is 7. The predicted octanol–water partition coefficient (Wildman–Crippen LogP) is 3.46. The molecule has 1 fully saturated rings. The van der Waals surface area contributed by atoms with Crippen molar-refractivity contribution in [1.82, 2.24) is 4.90 Å². The summed E-state index contributed by atoms with van der Waals surface area (Å²) >= 11 is 1.22. The highest BCUT2D eigenvalue weighted by Gasteiger charge is 2.34. The number of methoxy groups -OCH3 is 1. The zero-order chi connectivity index (χ0) is 22.4. The van der Waals surface area contributed by atoms with Crippen LogP contribution in [0.4, 0.5) is 11.4 Å². The highest BCUT2D eigenvalue weighted by molar-refractivity contribution is 8.15. The highest BCUT2D eigenvalue weighted by atomic mass is 32.2. The molecule has 9 heteroatoms. The normalized spacial score (nSPS) is 17.4. The molecular weight excluding hydrogens is 418 g/mol. The molecular formula is C22H23N3O5S. The van der Waals surface area contributed by atoms with Crippen LogP contribution in [0, 0.1) is 0 Å². The Labute approximate surface area is 184 Å². The van der Waals surface area contributed by atoms with Crippen molar-refractivity contribution in [2.45, 2.75) is 18.6 Å². The maximum atomic E-state index is 12.7. The molecule has 2 aromatic carbocycles. The van der Waals surface area contributed by atoms with E-state index in [1.807, 2.05) is 6.92 Å². The SMILES string of the molecule is CCOc1ccc(NC(=O)C2CC(=O)N(C)C(=Nc3ccc(C(=O)OC)cc3)S2)cc1. The maximum Gasteiger partial charge on any atom is 0.337 e. The lowest BCUT2D eigenvalue weighted by Crippen LogP contribution is -2.43. The van der Waals surface area contributed by atoms with Gasteiger partial charge >= 0.3 is 5.97 Å². The van der Waals surface area contributed by atoms with Gasteiger partial charge in [0.15, 0.2) is 5.17 Å². The molecule has 0 bridgehead atoms. The number of esters is 1. The van der Waals surface area contributed by atoms with Gasteiger partial charge in [0, 0.05) is 19.2 Å². The molecule has 1 aliphatic heterocycles. The largest absolute Gasteiger partial charge is 0.494 e. The second-order valence-corrected chi connectivity index (χ2v) is 7.81. The summed E-state index contributed by atoms with van der Waals surface area (Å²) in [5.74, 6) is -0.193. The van der Waals surface area contributed by atoms with Crippen LogP contribution >= 0.6 is 11.8 Å². The van der Waals surface area contributed by atoms with Crippen molar-refractivity contribution in [3.05, 3.63) is 54.1 Å². The molecule has 8 nitrogen and oxygen atoms in total. The van der Waals surface area contributed by atoms with Gasteiger partial charge in [-0.3, -0.25) is 14.5 Å². The fraction of sp³-hybridized carbons (Fsp3) is 0.273. The van der Waals surface area contributed by atoms with Crippen LogP contribution in [0.5, 0.6) is 5.75 Å². The van der Waals surface area contributed by atoms with Crippen LogP contribution in [0.2, 0.25) is 0 Å². The molecule has 0 aromatic heterocycles. The number of nitrogens with one attached hydrogen (secondary N) is 1. The first kappa shape index (κ1) is 22.4. The minimum absolute atomic E-state index is 0.0737. The summed E-state index contributed by atoms with van der Waals surface area (Å²) in [6, 6.07) is 13.6. The average Bonchev–Trinajstić information content (AvgIpc) is 2.78. The molecule has 1 atom stereocenters. The molecule has 1 N–H and O–H groups in total. The summed E-state index contributed by atoms with van der Waals surface area (Å²) in [6.07, 6.45) is 0.0737. The zero-order valence-electron chi connectivity index (χ0n) is 17.5. The van der Waals surface area contributed by atoms with E-state index in [1.54, 1.807) is 55.6 Å². The quantitative estimate of drug-likeness (QED) is 0.690. The summed E-state index contributed by atoms with van der Waals surface area (Å²) in [6.45, 7) is 2.46. The summed E-state index contributed by atoms with van der Waals surface area (Å²) in [7, 11) is 2.94. The van der Waals surface area contributed by atoms with Gasteiger partial charge in [0.1, 0.15) is 11.0 Å². The number of aliphatic imine (C=N–C) groups is 1. The number of benzene rings is 2. The lowest BCUT2D eigenvalue weighted by atomic mass is 10.2. The molecule has 1 unspecified atom stereocenters. The van der Waals surface area contributed by atoms with Gasteiger partial charge in [0.25, 0.3) is 0 Å². The highest BCUT2D eigenvalue weighted by Crippen LogP contribution is 2.29. The van der Waals surface area contributed by atoms with Crippen LogP contribution in [0.1, 0.15) is 23.7 Å². The minimum Gasteiger partial charge on any atom is -0.494 e. The van der Waals surface area contributed by atoms with Crippen LogP contribution in [-0.2, 0) is 14.3 Å². The third-order valence-electron chi connectivity index (χ3n) is 4.51. The number of thioether (sulfide) groups is 1. The van der Waals surface area contributed by atoms with Gasteiger partial charge in [-0.2, -0.15) is 0 Å². The number of carbonyl (C=O) groups excluding carboxylic acids is 3. The number of anilines is 1. The van der Waals surface area contributed by atoms with E-state index >= 15 is 0 Å². The second kappa shape index (κ2) is 10.1. The number of ether oxygens (including phenoxy) is 2. The van der Waals surface area contributed by atoms with Gasteiger partial charge in [-0.15, -0.1) is 0 Å². The van der Waals surface area contributed by atoms with Gasteiger partial charge < -0.3 is 14.8 Å². The van der Waals surface area contributed by atoms with Crippen molar-refractivity contribution >= 4 is 46.1 Å². The van der Waals surface area contributed by atoms with Crippen molar-refractivity contribution in [3.63, 3.8) is 0 Å². The fourth-order valence-corrected chi connectivity index (χ4v) is 3.89. The number of hydrogen-bond donors (Lipinski definition) is 1. The van der Waals surface area contributed by atoms with E-state index in [2.05, 4.69) is 15.0 Å². The minimum atomic E-state index is -0.608. The summed E-state index contributed by atoms with van der Waals surface area (Å²) in [4.78, 5) is 42.7. The number of nitrogens with zero attached hydrogens (tertiary/aromatic N) is 2. The third kappa shape index (κ3) is 5.64. The maximum absolute atomic E-state index is 12.7. The van der Waals surface area contributed by atoms with Crippen molar-refractivity contribution in [1.29, 1.82) is 0 Å². The molecule has 1 heterocycles. The van der Waals surface area contributed by atoms with E-state index in [0.717, 1.165) is 5.75 Å². The summed E-state index contributed by atoms with van der Waals surface area (Å²) < 4.78 is 10.1. The molecule has 1 saturated heterocycles. The van der Waals surface area contributed by atoms with Gasteiger partial charge in [0.2, 0.25) is 11.8 Å². The topological polar surface area (TPSA) is 97.3 Å². The second-order valence-electron chi connectivity index (χ2n) is 6.64. The van der Waals surface area contributed by atoms with Crippen molar-refractivity contribution in [3.8, 4) is 5.75 Å². The van der Waals surface area contributed by atoms with E-state index in [4.69, 9.17) is 4.74 Å². The standard InChI is InChI=1S/C22H23N3O5S/c1-4-30-17-11-9-15(10-12-17)23-20(27)18-13-19(26)25(2)22(31-18)24-16-7-5-14(6-8-16)21(28)29-3/h5-12,18H,4,13H2,1-3H3,(H,23,27). The zero-order valence-corrected chi connectivity index (χ0v) is 18.3. The average molecular weight is 442 g/mol. The van der Waals surface area contributed by atoms with Gasteiger partial charge in [-0.25, -0.2) is 9.79 Å². The van der Waals surface area contributed by atoms with E-state index in [-0.39, 0.29) is 18.2 Å². The van der Waals surface area contributed by atoms with E-state index in [0.29, 0.717) is 28.7 Å². The van der Waals surface area contributed by atoms with Crippen LogP contribution in [0.25, 0.3) is 0 Å². The first-order valence-corrected chi connectivity index (χ1v) is 10.5. The Kier molecular flexibility index (Phi) is 7.30. The Balaban J connectivity index is 1.71. The molecule has 2 amide bonds. The molecule has 1 aliphatic rings. The number of amides is 2. The fourth-order valence-electron chi connectivity index (χ4n) is 2.82. The summed E-state index contributed by atoms with van der Waals surface area (Å²) in [5.41, 5.74) is 1.58. The molecule has 31 heavy (non-hydrogen) atoms. The Morgan fingerprint density at radius 2 is 1.84 bits per heavy atom. The Hall–Kier alpha value is -3.33. The molecule has 0 spiro atoms. The number of rotatable bonds is 6. The van der Waals surface area contributed by atoms with Gasteiger partial charge in [-0.1, -0.05) is 11.8 Å². The van der Waals surface area contributed by atoms with Crippen LogP contribution in [0.3, 0.4) is 0 Å². The Bertz CT molecular complexity index is 989. The predicted molar refractivity (Wildman–Crippen MR) is 120 cm³/mol.